The Balaban J connectivity index is 1.44. The van der Waals surface area contributed by atoms with E-state index in [2.05, 4.69) is 149 Å². The van der Waals surface area contributed by atoms with Crippen LogP contribution in [0.25, 0.3) is 65.6 Å². The van der Waals surface area contributed by atoms with Crippen molar-refractivity contribution in [2.75, 3.05) is 4.90 Å². The zero-order valence-electron chi connectivity index (χ0n) is 23.7. The van der Waals surface area contributed by atoms with E-state index < -0.39 is 0 Å². The van der Waals surface area contributed by atoms with Gasteiger partial charge in [0.1, 0.15) is 11.2 Å². The molecule has 0 unspecified atom stereocenters. The van der Waals surface area contributed by atoms with Crippen molar-refractivity contribution in [3.8, 4) is 11.1 Å². The lowest BCUT2D eigenvalue weighted by atomic mass is 9.44. The molecule has 0 amide bonds. The van der Waals surface area contributed by atoms with Crippen LogP contribution in [0.3, 0.4) is 0 Å². The summed E-state index contributed by atoms with van der Waals surface area (Å²) in [5.41, 5.74) is 13.1. The fourth-order valence-corrected chi connectivity index (χ4v) is 8.26. The Morgan fingerprint density at radius 1 is 0.523 bits per heavy atom. The Bertz CT molecular complexity index is 2680. The van der Waals surface area contributed by atoms with Crippen LogP contribution in [-0.4, -0.2) is 11.3 Å². The van der Waals surface area contributed by atoms with Gasteiger partial charge in [-0.3, -0.25) is 0 Å². The van der Waals surface area contributed by atoms with E-state index in [0.29, 0.717) is 0 Å². The molecule has 0 saturated heterocycles. The highest BCUT2D eigenvalue weighted by Gasteiger charge is 2.44. The summed E-state index contributed by atoms with van der Waals surface area (Å²) in [6.45, 7) is -0.00469. The molecule has 0 atom stereocenters. The second-order valence-corrected chi connectivity index (χ2v) is 12.0. The van der Waals surface area contributed by atoms with Crippen LogP contribution in [0.4, 0.5) is 17.1 Å². The van der Waals surface area contributed by atoms with E-state index in [9.17, 15) is 0 Å². The first-order valence-electron chi connectivity index (χ1n) is 15.2. The average Bonchev–Trinajstić information content (AvgIpc) is 3.63. The van der Waals surface area contributed by atoms with Crippen LogP contribution in [0.1, 0.15) is 0 Å². The molecule has 4 heteroatoms. The van der Waals surface area contributed by atoms with E-state index in [-0.39, 0.29) is 6.85 Å². The minimum Gasteiger partial charge on any atom is -0.456 e. The van der Waals surface area contributed by atoms with Crippen LogP contribution < -0.4 is 15.8 Å². The number of furan rings is 1. The van der Waals surface area contributed by atoms with E-state index >= 15 is 0 Å². The first kappa shape index (κ1) is 22.8. The van der Waals surface area contributed by atoms with Crippen LogP contribution in [0.5, 0.6) is 0 Å². The molecule has 11 rings (SSSR count). The van der Waals surface area contributed by atoms with E-state index in [1.807, 2.05) is 0 Å². The second-order valence-electron chi connectivity index (χ2n) is 12.0. The number of rotatable bonds is 1. The monoisotopic (exact) mass is 558 g/mol. The van der Waals surface area contributed by atoms with Gasteiger partial charge < -0.3 is 13.8 Å². The van der Waals surface area contributed by atoms with Crippen LogP contribution in [-0.2, 0) is 0 Å². The molecular weight excluding hydrogens is 535 g/mol. The van der Waals surface area contributed by atoms with Crippen LogP contribution in [0.15, 0.2) is 144 Å². The highest BCUT2D eigenvalue weighted by molar-refractivity contribution is 6.90. The lowest BCUT2D eigenvalue weighted by molar-refractivity contribution is 0.669. The van der Waals surface area contributed by atoms with Gasteiger partial charge in [0.05, 0.1) is 16.8 Å². The number of anilines is 3. The zero-order chi connectivity index (χ0) is 28.5. The molecule has 4 heterocycles. The molecule has 0 aliphatic carbocycles. The van der Waals surface area contributed by atoms with Gasteiger partial charge in [-0.15, -0.1) is 0 Å². The highest BCUT2D eigenvalue weighted by atomic mass is 16.3. The van der Waals surface area contributed by atoms with Gasteiger partial charge >= 0.3 is 6.85 Å². The fraction of sp³-hybridized carbons (Fsp3) is 0. The Labute approximate surface area is 253 Å². The van der Waals surface area contributed by atoms with Crippen molar-refractivity contribution in [2.24, 2.45) is 0 Å². The molecule has 0 saturated carbocycles. The summed E-state index contributed by atoms with van der Waals surface area (Å²) >= 11 is 0. The maximum Gasteiger partial charge on any atom is 0.333 e. The van der Waals surface area contributed by atoms with Gasteiger partial charge in [0.2, 0.25) is 0 Å². The number of para-hydroxylation sites is 4. The summed E-state index contributed by atoms with van der Waals surface area (Å²) in [6, 6.07) is 50.8. The van der Waals surface area contributed by atoms with Gasteiger partial charge in [-0.05, 0) is 52.2 Å². The molecule has 0 spiro atoms. The van der Waals surface area contributed by atoms with E-state index in [0.717, 1.165) is 22.2 Å². The molecule has 2 aromatic heterocycles. The van der Waals surface area contributed by atoms with Crippen molar-refractivity contribution in [1.82, 2.24) is 4.48 Å². The summed E-state index contributed by atoms with van der Waals surface area (Å²) in [4.78, 5) is 2.52. The summed E-state index contributed by atoms with van der Waals surface area (Å²) in [5, 5.41) is 7.38. The molecule has 0 radical (unpaired) electrons. The van der Waals surface area contributed by atoms with Crippen LogP contribution in [0.2, 0.25) is 0 Å². The van der Waals surface area contributed by atoms with Crippen molar-refractivity contribution < 1.29 is 4.42 Å². The van der Waals surface area contributed by atoms with Crippen molar-refractivity contribution in [3.05, 3.63) is 140 Å². The SMILES string of the molecule is c1ccc(N2c3c(ccc4ccccc34)B3c4c(cc5oc6ccccc6c5c42)-c2cccc4c5ccccc5n3c24)cc1. The molecular formula is C40H23BN2O. The zero-order valence-corrected chi connectivity index (χ0v) is 23.7. The maximum absolute atomic E-state index is 6.69. The second kappa shape index (κ2) is 8.00. The Morgan fingerprint density at radius 3 is 2.18 bits per heavy atom. The van der Waals surface area contributed by atoms with Gasteiger partial charge in [-0.25, -0.2) is 0 Å². The van der Waals surface area contributed by atoms with Gasteiger partial charge in [0.15, 0.2) is 0 Å². The minimum absolute atomic E-state index is 0.00469. The Morgan fingerprint density at radius 2 is 1.27 bits per heavy atom. The van der Waals surface area contributed by atoms with Crippen molar-refractivity contribution in [2.45, 2.75) is 0 Å². The van der Waals surface area contributed by atoms with Crippen LogP contribution >= 0.6 is 0 Å². The number of fused-ring (bicyclic) bond motifs is 13. The van der Waals surface area contributed by atoms with E-state index in [1.165, 1.54) is 71.4 Å². The summed E-state index contributed by atoms with van der Waals surface area (Å²) in [6.07, 6.45) is 0. The molecule has 0 N–H and O–H groups in total. The first-order chi connectivity index (χ1) is 21.9. The van der Waals surface area contributed by atoms with Gasteiger partial charge in [-0.1, -0.05) is 109 Å². The third-order valence-corrected chi connectivity index (χ3v) is 9.92. The predicted molar refractivity (Wildman–Crippen MR) is 185 cm³/mol. The number of hydrogen-bond acceptors (Lipinski definition) is 2. The standard InChI is InChI=1S/C40H23BN2O/c1-2-12-25(13-3-1)42-39-26-14-5-4-11-24(26)21-22-32(39)41-37-31(23-35-36(40(37)42)30-16-7-9-20-34(30)44-35)29-18-10-17-28-27-15-6-8-19-33(27)43(41)38(28)29/h1-23H. The quantitative estimate of drug-likeness (QED) is 0.187. The minimum atomic E-state index is -0.00469. The number of hydrogen-bond donors (Lipinski definition) is 0. The summed E-state index contributed by atoms with van der Waals surface area (Å²) in [7, 11) is 0. The molecule has 2 aliphatic heterocycles. The van der Waals surface area contributed by atoms with Crippen molar-refractivity contribution >= 4 is 89.4 Å². The molecule has 202 valence electrons. The van der Waals surface area contributed by atoms with Crippen LogP contribution in [0, 0.1) is 0 Å². The molecule has 7 aromatic carbocycles. The van der Waals surface area contributed by atoms with Gasteiger partial charge in [0, 0.05) is 43.8 Å². The number of benzene rings is 7. The molecule has 3 nitrogen and oxygen atoms in total. The normalized spacial score (nSPS) is 13.4. The highest BCUT2D eigenvalue weighted by Crippen LogP contribution is 2.50. The molecule has 9 aromatic rings. The van der Waals surface area contributed by atoms with E-state index in [4.69, 9.17) is 4.42 Å². The molecule has 2 aliphatic rings. The first-order valence-corrected chi connectivity index (χ1v) is 15.2. The topological polar surface area (TPSA) is 21.3 Å². The largest absolute Gasteiger partial charge is 0.456 e. The Hall–Kier alpha value is -5.74. The third kappa shape index (κ3) is 2.66. The lowest BCUT2D eigenvalue weighted by Crippen LogP contribution is -2.56. The molecule has 0 fully saturated rings. The summed E-state index contributed by atoms with van der Waals surface area (Å²) < 4.78 is 9.31. The lowest BCUT2D eigenvalue weighted by Gasteiger charge is -2.41. The summed E-state index contributed by atoms with van der Waals surface area (Å²) in [5.74, 6) is 0. The molecule has 0 bridgehead atoms. The van der Waals surface area contributed by atoms with E-state index in [1.54, 1.807) is 0 Å². The number of aromatic nitrogens is 1. The fourth-order valence-electron chi connectivity index (χ4n) is 8.26. The van der Waals surface area contributed by atoms with Crippen molar-refractivity contribution in [3.63, 3.8) is 0 Å². The smallest absolute Gasteiger partial charge is 0.333 e. The third-order valence-electron chi connectivity index (χ3n) is 9.92. The van der Waals surface area contributed by atoms with Crippen molar-refractivity contribution in [1.29, 1.82) is 0 Å². The molecule has 44 heavy (non-hydrogen) atoms. The maximum atomic E-state index is 6.69. The average molecular weight is 558 g/mol. The number of nitrogens with zero attached hydrogens (tertiary/aromatic N) is 2. The predicted octanol–water partition coefficient (Wildman–Crippen LogP) is 9.26. The van der Waals surface area contributed by atoms with Gasteiger partial charge in [0.25, 0.3) is 0 Å². The Kier molecular flexibility index (Phi) is 4.15. The van der Waals surface area contributed by atoms with Gasteiger partial charge in [-0.2, -0.15) is 0 Å².